The lowest BCUT2D eigenvalue weighted by atomic mass is 10.4. The summed E-state index contributed by atoms with van der Waals surface area (Å²) < 4.78 is 5.49. The van der Waals surface area contributed by atoms with Crippen molar-refractivity contribution in [2.45, 2.75) is 33.1 Å². The van der Waals surface area contributed by atoms with Crippen molar-refractivity contribution in [1.82, 2.24) is 4.90 Å². The number of hydrogen-bond donors (Lipinski definition) is 0. The fraction of sp³-hybridized carbons (Fsp3) is 1.00. The molecule has 0 bridgehead atoms. The highest BCUT2D eigenvalue weighted by molar-refractivity contribution is 4.70. The SMILES string of the molecule is CCN1CC(C)OC1C. The predicted octanol–water partition coefficient (Wildman–Crippen LogP) is 1.07. The second kappa shape index (κ2) is 2.67. The van der Waals surface area contributed by atoms with Crippen LogP contribution in [0.15, 0.2) is 0 Å². The van der Waals surface area contributed by atoms with E-state index in [4.69, 9.17) is 4.74 Å². The molecule has 9 heavy (non-hydrogen) atoms. The molecule has 0 N–H and O–H groups in total. The molecule has 1 fully saturated rings. The molecular formula is C7H15NO. The maximum Gasteiger partial charge on any atom is 0.108 e. The zero-order valence-corrected chi connectivity index (χ0v) is 6.42. The highest BCUT2D eigenvalue weighted by Crippen LogP contribution is 2.13. The Kier molecular flexibility index (Phi) is 2.09. The first kappa shape index (κ1) is 7.03. The molecule has 1 heterocycles. The molecule has 1 saturated heterocycles. The maximum absolute atomic E-state index is 5.49. The maximum atomic E-state index is 5.49. The van der Waals surface area contributed by atoms with Crippen LogP contribution in [0.5, 0.6) is 0 Å². The molecule has 0 radical (unpaired) electrons. The first-order valence-corrected chi connectivity index (χ1v) is 3.63. The van der Waals surface area contributed by atoms with Gasteiger partial charge < -0.3 is 4.74 Å². The Morgan fingerprint density at radius 2 is 2.22 bits per heavy atom. The Labute approximate surface area is 56.8 Å². The summed E-state index contributed by atoms with van der Waals surface area (Å²) in [7, 11) is 0. The van der Waals surface area contributed by atoms with Crippen LogP contribution < -0.4 is 0 Å². The lowest BCUT2D eigenvalue weighted by Crippen LogP contribution is -2.27. The molecule has 54 valence electrons. The Morgan fingerprint density at radius 1 is 1.56 bits per heavy atom. The Morgan fingerprint density at radius 3 is 2.44 bits per heavy atom. The lowest BCUT2D eigenvalue weighted by molar-refractivity contribution is 0.0221. The summed E-state index contributed by atoms with van der Waals surface area (Å²) in [6.07, 6.45) is 0.768. The van der Waals surface area contributed by atoms with Crippen molar-refractivity contribution >= 4 is 0 Å². The topological polar surface area (TPSA) is 12.5 Å². The highest BCUT2D eigenvalue weighted by atomic mass is 16.5. The molecule has 0 amide bonds. The lowest BCUT2D eigenvalue weighted by Gasteiger charge is -2.15. The van der Waals surface area contributed by atoms with Crippen molar-refractivity contribution in [3.05, 3.63) is 0 Å². The number of hydrogen-bond acceptors (Lipinski definition) is 2. The van der Waals surface area contributed by atoms with Gasteiger partial charge in [0, 0.05) is 6.54 Å². The molecule has 2 unspecified atom stereocenters. The van der Waals surface area contributed by atoms with E-state index in [-0.39, 0.29) is 0 Å². The first-order chi connectivity index (χ1) is 4.24. The van der Waals surface area contributed by atoms with Gasteiger partial charge in [0.2, 0.25) is 0 Å². The third kappa shape index (κ3) is 1.43. The van der Waals surface area contributed by atoms with Crippen molar-refractivity contribution in [2.24, 2.45) is 0 Å². The quantitative estimate of drug-likeness (QED) is 0.525. The molecule has 1 rings (SSSR count). The summed E-state index contributed by atoms with van der Waals surface area (Å²) in [6, 6.07) is 0. The largest absolute Gasteiger partial charge is 0.359 e. The van der Waals surface area contributed by atoms with Gasteiger partial charge >= 0.3 is 0 Å². The molecular weight excluding hydrogens is 114 g/mol. The minimum absolute atomic E-state index is 0.338. The number of nitrogens with zero attached hydrogens (tertiary/aromatic N) is 1. The van der Waals surface area contributed by atoms with E-state index in [2.05, 4.69) is 25.7 Å². The molecule has 0 saturated carbocycles. The molecule has 0 spiro atoms. The van der Waals surface area contributed by atoms with Gasteiger partial charge in [0.15, 0.2) is 0 Å². The number of ether oxygens (including phenoxy) is 1. The van der Waals surface area contributed by atoms with Crippen LogP contribution in [0.3, 0.4) is 0 Å². The molecule has 0 aromatic rings. The molecule has 1 aliphatic rings. The van der Waals surface area contributed by atoms with Gasteiger partial charge in [0.1, 0.15) is 6.23 Å². The third-order valence-electron chi connectivity index (χ3n) is 1.84. The third-order valence-corrected chi connectivity index (χ3v) is 1.84. The van der Waals surface area contributed by atoms with E-state index in [0.29, 0.717) is 12.3 Å². The smallest absolute Gasteiger partial charge is 0.108 e. The van der Waals surface area contributed by atoms with E-state index in [0.717, 1.165) is 13.1 Å². The van der Waals surface area contributed by atoms with Crippen LogP contribution >= 0.6 is 0 Å². The molecule has 1 aliphatic heterocycles. The second-order valence-electron chi connectivity index (χ2n) is 2.63. The van der Waals surface area contributed by atoms with Crippen molar-refractivity contribution in [1.29, 1.82) is 0 Å². The van der Waals surface area contributed by atoms with Crippen LogP contribution in [-0.2, 0) is 4.74 Å². The highest BCUT2D eigenvalue weighted by Gasteiger charge is 2.24. The van der Waals surface area contributed by atoms with Gasteiger partial charge in [0.25, 0.3) is 0 Å². The molecule has 0 aromatic heterocycles. The summed E-state index contributed by atoms with van der Waals surface area (Å²) in [5.74, 6) is 0. The van der Waals surface area contributed by atoms with Crippen LogP contribution in [0, 0.1) is 0 Å². The van der Waals surface area contributed by atoms with Gasteiger partial charge in [-0.15, -0.1) is 0 Å². The summed E-state index contributed by atoms with van der Waals surface area (Å²) in [4.78, 5) is 2.32. The molecule has 0 aromatic carbocycles. The fourth-order valence-corrected chi connectivity index (χ4v) is 1.33. The first-order valence-electron chi connectivity index (χ1n) is 3.63. The van der Waals surface area contributed by atoms with Crippen LogP contribution in [0.2, 0.25) is 0 Å². The van der Waals surface area contributed by atoms with Crippen LogP contribution in [0.25, 0.3) is 0 Å². The summed E-state index contributed by atoms with van der Waals surface area (Å²) in [5, 5.41) is 0. The van der Waals surface area contributed by atoms with E-state index in [1.165, 1.54) is 0 Å². The fourth-order valence-electron chi connectivity index (χ4n) is 1.33. The van der Waals surface area contributed by atoms with Gasteiger partial charge in [-0.25, -0.2) is 0 Å². The standard InChI is InChI=1S/C7H15NO/c1-4-8-5-6(2)9-7(8)3/h6-7H,4-5H2,1-3H3. The van der Waals surface area contributed by atoms with Crippen LogP contribution in [-0.4, -0.2) is 30.3 Å². The average Bonchev–Trinajstić information content (AvgIpc) is 2.10. The normalized spacial score (nSPS) is 37.7. The summed E-state index contributed by atoms with van der Waals surface area (Å²) in [5.41, 5.74) is 0. The zero-order chi connectivity index (χ0) is 6.85. The van der Waals surface area contributed by atoms with E-state index < -0.39 is 0 Å². The summed E-state index contributed by atoms with van der Waals surface area (Å²) >= 11 is 0. The second-order valence-corrected chi connectivity index (χ2v) is 2.63. The molecule has 2 atom stereocenters. The van der Waals surface area contributed by atoms with Crippen molar-refractivity contribution in [3.63, 3.8) is 0 Å². The Bertz CT molecular complexity index is 94.9. The van der Waals surface area contributed by atoms with Gasteiger partial charge in [-0.2, -0.15) is 0 Å². The number of likely N-dealkylation sites (N-methyl/N-ethyl adjacent to an activating group) is 1. The molecule has 2 heteroatoms. The number of rotatable bonds is 1. The Hall–Kier alpha value is -0.0800. The van der Waals surface area contributed by atoms with Crippen molar-refractivity contribution in [3.8, 4) is 0 Å². The van der Waals surface area contributed by atoms with Gasteiger partial charge in [-0.1, -0.05) is 6.92 Å². The molecule has 0 aliphatic carbocycles. The van der Waals surface area contributed by atoms with E-state index >= 15 is 0 Å². The predicted molar refractivity (Wildman–Crippen MR) is 37.3 cm³/mol. The van der Waals surface area contributed by atoms with Gasteiger partial charge in [-0.3, -0.25) is 4.90 Å². The van der Waals surface area contributed by atoms with Crippen molar-refractivity contribution in [2.75, 3.05) is 13.1 Å². The van der Waals surface area contributed by atoms with Gasteiger partial charge in [0.05, 0.1) is 6.10 Å². The minimum atomic E-state index is 0.338. The van der Waals surface area contributed by atoms with Gasteiger partial charge in [-0.05, 0) is 20.4 Å². The van der Waals surface area contributed by atoms with Crippen LogP contribution in [0.1, 0.15) is 20.8 Å². The molecule has 2 nitrogen and oxygen atoms in total. The van der Waals surface area contributed by atoms with E-state index in [9.17, 15) is 0 Å². The summed E-state index contributed by atoms with van der Waals surface area (Å²) in [6.45, 7) is 8.58. The van der Waals surface area contributed by atoms with E-state index in [1.807, 2.05) is 0 Å². The minimum Gasteiger partial charge on any atom is -0.359 e. The zero-order valence-electron chi connectivity index (χ0n) is 6.42. The average molecular weight is 129 g/mol. The Balaban J connectivity index is 2.38. The monoisotopic (exact) mass is 129 g/mol. The van der Waals surface area contributed by atoms with Crippen molar-refractivity contribution < 1.29 is 4.74 Å². The van der Waals surface area contributed by atoms with E-state index in [1.54, 1.807) is 0 Å². The van der Waals surface area contributed by atoms with Crippen LogP contribution in [0.4, 0.5) is 0 Å².